The number of benzene rings is 1. The molecule has 21 heavy (non-hydrogen) atoms. The largest absolute Gasteiger partial charge is 0.478 e. The fourth-order valence-electron chi connectivity index (χ4n) is 2.24. The van der Waals surface area contributed by atoms with Gasteiger partial charge < -0.3 is 15.7 Å². The predicted molar refractivity (Wildman–Crippen MR) is 88.2 cm³/mol. The van der Waals surface area contributed by atoms with Gasteiger partial charge in [0.2, 0.25) is 0 Å². The van der Waals surface area contributed by atoms with Crippen LogP contribution < -0.4 is 10.6 Å². The van der Waals surface area contributed by atoms with E-state index < -0.39 is 5.97 Å². The van der Waals surface area contributed by atoms with Gasteiger partial charge in [0.15, 0.2) is 0 Å². The van der Waals surface area contributed by atoms with Gasteiger partial charge >= 0.3 is 12.0 Å². The molecule has 1 aromatic carbocycles. The number of nitrogens with one attached hydrogen (secondary N) is 2. The third kappa shape index (κ3) is 3.91. The Morgan fingerprint density at radius 2 is 2.14 bits per heavy atom. The Morgan fingerprint density at radius 1 is 1.43 bits per heavy atom. The third-order valence-corrected chi connectivity index (χ3v) is 5.64. The van der Waals surface area contributed by atoms with E-state index in [0.29, 0.717) is 11.0 Å². The Bertz CT molecular complexity index is 556. The Labute approximate surface area is 136 Å². The molecule has 1 aliphatic rings. The maximum Gasteiger partial charge on any atom is 0.337 e. The molecule has 1 fully saturated rings. The summed E-state index contributed by atoms with van der Waals surface area (Å²) in [5.74, 6) is -1.07. The molecule has 114 valence electrons. The smallest absolute Gasteiger partial charge is 0.337 e. The fraction of sp³-hybridized carbons (Fsp3) is 0.429. The molecule has 0 spiro atoms. The standard InChI is InChI=1S/C14H17BrN2O3S/c1-21-14(5-2-6-14)8-16-13(20)17-11-7-9(15)3-4-10(11)12(18)19/h3-4,7H,2,5-6,8H2,1H3,(H,18,19)(H2,16,17,20). The molecule has 7 heteroatoms. The second-order valence-corrected chi connectivity index (χ2v) is 7.23. The number of carboxylic acids is 1. The lowest BCUT2D eigenvalue weighted by Crippen LogP contribution is -2.46. The van der Waals surface area contributed by atoms with E-state index in [0.717, 1.165) is 12.8 Å². The average molecular weight is 373 g/mol. The molecule has 0 bridgehead atoms. The molecule has 1 aliphatic carbocycles. The van der Waals surface area contributed by atoms with Crippen LogP contribution in [-0.2, 0) is 0 Å². The molecule has 0 unspecified atom stereocenters. The first-order chi connectivity index (χ1) is 9.96. The summed E-state index contributed by atoms with van der Waals surface area (Å²) in [5, 5.41) is 14.6. The summed E-state index contributed by atoms with van der Waals surface area (Å²) >= 11 is 5.04. The number of halogens is 1. The summed E-state index contributed by atoms with van der Waals surface area (Å²) in [4.78, 5) is 23.1. The van der Waals surface area contributed by atoms with Crippen molar-refractivity contribution in [2.75, 3.05) is 18.1 Å². The first-order valence-corrected chi connectivity index (χ1v) is 8.60. The molecule has 3 N–H and O–H groups in total. The van der Waals surface area contributed by atoms with E-state index >= 15 is 0 Å². The van der Waals surface area contributed by atoms with Crippen LogP contribution in [0.4, 0.5) is 10.5 Å². The molecule has 0 aromatic heterocycles. The molecule has 0 radical (unpaired) electrons. The van der Waals surface area contributed by atoms with Crippen molar-refractivity contribution in [3.05, 3.63) is 28.2 Å². The van der Waals surface area contributed by atoms with Crippen LogP contribution in [0.3, 0.4) is 0 Å². The SMILES string of the molecule is CSC1(CNC(=O)Nc2cc(Br)ccc2C(=O)O)CCC1. The van der Waals surface area contributed by atoms with Gasteiger partial charge in [-0.3, -0.25) is 0 Å². The van der Waals surface area contributed by atoms with Crippen LogP contribution >= 0.6 is 27.7 Å². The summed E-state index contributed by atoms with van der Waals surface area (Å²) in [7, 11) is 0. The second kappa shape index (κ2) is 6.70. The summed E-state index contributed by atoms with van der Waals surface area (Å²) in [6.45, 7) is 0.594. The monoisotopic (exact) mass is 372 g/mol. The highest BCUT2D eigenvalue weighted by Crippen LogP contribution is 2.42. The molecule has 0 heterocycles. The number of aromatic carboxylic acids is 1. The second-order valence-electron chi connectivity index (χ2n) is 5.04. The molecular formula is C14H17BrN2O3S. The first kappa shape index (κ1) is 16.2. The zero-order chi connectivity index (χ0) is 15.5. The number of thioether (sulfide) groups is 1. The van der Waals surface area contributed by atoms with Crippen molar-refractivity contribution in [3.63, 3.8) is 0 Å². The first-order valence-electron chi connectivity index (χ1n) is 6.59. The zero-order valence-corrected chi connectivity index (χ0v) is 14.0. The minimum Gasteiger partial charge on any atom is -0.478 e. The van der Waals surface area contributed by atoms with Gasteiger partial charge in [0, 0.05) is 15.8 Å². The molecule has 5 nitrogen and oxygen atoms in total. The summed E-state index contributed by atoms with van der Waals surface area (Å²) < 4.78 is 0.854. The minimum absolute atomic E-state index is 0.0663. The van der Waals surface area contributed by atoms with Crippen LogP contribution in [0.2, 0.25) is 0 Å². The zero-order valence-electron chi connectivity index (χ0n) is 11.6. The van der Waals surface area contributed by atoms with Gasteiger partial charge in [-0.2, -0.15) is 11.8 Å². The molecule has 0 atom stereocenters. The van der Waals surface area contributed by atoms with Crippen molar-refractivity contribution < 1.29 is 14.7 Å². The van der Waals surface area contributed by atoms with Crippen molar-refractivity contribution >= 4 is 45.4 Å². The Hall–Kier alpha value is -1.21. The molecule has 1 saturated carbocycles. The van der Waals surface area contributed by atoms with Gasteiger partial charge in [0.05, 0.1) is 11.3 Å². The Balaban J connectivity index is 1.99. The van der Waals surface area contributed by atoms with E-state index in [1.54, 1.807) is 23.9 Å². The number of carbonyl (C=O) groups is 2. The van der Waals surface area contributed by atoms with Gasteiger partial charge in [-0.05, 0) is 37.3 Å². The van der Waals surface area contributed by atoms with Gasteiger partial charge in [-0.25, -0.2) is 9.59 Å². The van der Waals surface area contributed by atoms with E-state index in [-0.39, 0.29) is 22.0 Å². The van der Waals surface area contributed by atoms with Crippen LogP contribution in [0.15, 0.2) is 22.7 Å². The van der Waals surface area contributed by atoms with Crippen LogP contribution in [-0.4, -0.2) is 34.7 Å². The number of hydrogen-bond donors (Lipinski definition) is 3. The van der Waals surface area contributed by atoms with Gasteiger partial charge in [0.25, 0.3) is 0 Å². The predicted octanol–water partition coefficient (Wildman–Crippen LogP) is 3.55. The lowest BCUT2D eigenvalue weighted by molar-refractivity contribution is 0.0698. The lowest BCUT2D eigenvalue weighted by Gasteiger charge is -2.40. The number of amides is 2. The number of anilines is 1. The van der Waals surface area contributed by atoms with Crippen LogP contribution in [0.25, 0.3) is 0 Å². The normalized spacial score (nSPS) is 15.9. The highest BCUT2D eigenvalue weighted by Gasteiger charge is 2.36. The van der Waals surface area contributed by atoms with E-state index in [4.69, 9.17) is 5.11 Å². The highest BCUT2D eigenvalue weighted by atomic mass is 79.9. The van der Waals surface area contributed by atoms with Crippen LogP contribution in [0.5, 0.6) is 0 Å². The Kier molecular flexibility index (Phi) is 5.16. The Morgan fingerprint density at radius 3 is 2.67 bits per heavy atom. The fourth-order valence-corrected chi connectivity index (χ4v) is 3.51. The topological polar surface area (TPSA) is 78.4 Å². The maximum atomic E-state index is 12.0. The van der Waals surface area contributed by atoms with E-state index in [1.165, 1.54) is 12.5 Å². The van der Waals surface area contributed by atoms with Gasteiger partial charge in [-0.15, -0.1) is 0 Å². The molecule has 1 aromatic rings. The number of carbonyl (C=O) groups excluding carboxylic acids is 1. The van der Waals surface area contributed by atoms with E-state index in [2.05, 4.69) is 32.8 Å². The molecule has 2 rings (SSSR count). The van der Waals surface area contributed by atoms with E-state index in [1.807, 2.05) is 0 Å². The highest BCUT2D eigenvalue weighted by molar-refractivity contribution is 9.10. The quantitative estimate of drug-likeness (QED) is 0.738. The summed E-state index contributed by atoms with van der Waals surface area (Å²) in [6.07, 6.45) is 5.45. The summed E-state index contributed by atoms with van der Waals surface area (Å²) in [5.41, 5.74) is 0.345. The number of hydrogen-bond acceptors (Lipinski definition) is 3. The minimum atomic E-state index is -1.07. The lowest BCUT2D eigenvalue weighted by atomic mass is 9.84. The molecular weight excluding hydrogens is 356 g/mol. The number of carboxylic acid groups (broad SMARTS) is 1. The van der Waals surface area contributed by atoms with Crippen LogP contribution in [0, 0.1) is 0 Å². The number of urea groups is 1. The molecule has 2 amide bonds. The van der Waals surface area contributed by atoms with Crippen molar-refractivity contribution in [3.8, 4) is 0 Å². The third-order valence-electron chi connectivity index (χ3n) is 3.73. The van der Waals surface area contributed by atoms with Crippen molar-refractivity contribution in [1.29, 1.82) is 0 Å². The van der Waals surface area contributed by atoms with Crippen molar-refractivity contribution in [2.24, 2.45) is 0 Å². The average Bonchev–Trinajstić information content (AvgIpc) is 2.37. The van der Waals surface area contributed by atoms with Crippen LogP contribution in [0.1, 0.15) is 29.6 Å². The van der Waals surface area contributed by atoms with Crippen molar-refractivity contribution in [2.45, 2.75) is 24.0 Å². The van der Waals surface area contributed by atoms with Gasteiger partial charge in [-0.1, -0.05) is 22.4 Å². The maximum absolute atomic E-state index is 12.0. The number of rotatable bonds is 5. The molecule has 0 aliphatic heterocycles. The molecule has 0 saturated heterocycles. The summed E-state index contributed by atoms with van der Waals surface area (Å²) in [6, 6.07) is 4.29. The van der Waals surface area contributed by atoms with E-state index in [9.17, 15) is 9.59 Å². The van der Waals surface area contributed by atoms with Gasteiger partial charge in [0.1, 0.15) is 0 Å². The van der Waals surface area contributed by atoms with Crippen molar-refractivity contribution in [1.82, 2.24) is 5.32 Å².